The first kappa shape index (κ1) is 11.1. The van der Waals surface area contributed by atoms with Crippen molar-refractivity contribution in [2.75, 3.05) is 26.2 Å². The van der Waals surface area contributed by atoms with Crippen molar-refractivity contribution in [1.29, 1.82) is 0 Å². The second kappa shape index (κ2) is 5.12. The van der Waals surface area contributed by atoms with Crippen molar-refractivity contribution in [1.82, 2.24) is 10.2 Å². The van der Waals surface area contributed by atoms with Gasteiger partial charge in [0.05, 0.1) is 6.54 Å². The van der Waals surface area contributed by atoms with Crippen molar-refractivity contribution in [2.24, 2.45) is 5.73 Å². The molecule has 5 heteroatoms. The zero-order chi connectivity index (χ0) is 10.7. The molecule has 4 nitrogen and oxygen atoms in total. The topological polar surface area (TPSA) is 54.4 Å². The van der Waals surface area contributed by atoms with Crippen LogP contribution in [0.4, 0.5) is 0 Å². The summed E-state index contributed by atoms with van der Waals surface area (Å²) in [6.07, 6.45) is 0. The van der Waals surface area contributed by atoms with Gasteiger partial charge in [-0.1, -0.05) is 0 Å². The van der Waals surface area contributed by atoms with Crippen LogP contribution >= 0.6 is 15.9 Å². The van der Waals surface area contributed by atoms with E-state index in [1.165, 1.54) is 5.56 Å². The molecule has 0 spiro atoms. The van der Waals surface area contributed by atoms with E-state index in [1.807, 2.05) is 6.07 Å². The summed E-state index contributed by atoms with van der Waals surface area (Å²) in [5.41, 5.74) is 6.72. The highest BCUT2D eigenvalue weighted by molar-refractivity contribution is 9.10. The number of hydrogen-bond donors (Lipinski definition) is 2. The lowest BCUT2D eigenvalue weighted by molar-refractivity contribution is 0.232. The van der Waals surface area contributed by atoms with Crippen LogP contribution in [0.2, 0.25) is 0 Å². The lowest BCUT2D eigenvalue weighted by atomic mass is 10.2. The highest BCUT2D eigenvalue weighted by Crippen LogP contribution is 2.22. The van der Waals surface area contributed by atoms with E-state index in [2.05, 4.69) is 26.1 Å². The predicted molar refractivity (Wildman–Crippen MR) is 62.4 cm³/mol. The van der Waals surface area contributed by atoms with Gasteiger partial charge in [0.25, 0.3) is 0 Å². The first-order valence-corrected chi connectivity index (χ1v) is 5.99. The van der Waals surface area contributed by atoms with Crippen molar-refractivity contribution in [3.63, 3.8) is 0 Å². The van der Waals surface area contributed by atoms with Crippen LogP contribution in [0.3, 0.4) is 0 Å². The number of piperazine rings is 1. The Hall–Kier alpha value is -0.360. The van der Waals surface area contributed by atoms with E-state index in [0.29, 0.717) is 6.54 Å². The number of nitrogens with zero attached hydrogens (tertiary/aromatic N) is 1. The molecule has 84 valence electrons. The van der Waals surface area contributed by atoms with Crippen LogP contribution in [0.5, 0.6) is 0 Å². The summed E-state index contributed by atoms with van der Waals surface area (Å²) in [6.45, 7) is 5.72. The minimum atomic E-state index is 0.458. The zero-order valence-corrected chi connectivity index (χ0v) is 10.2. The highest BCUT2D eigenvalue weighted by Gasteiger charge is 2.14. The third kappa shape index (κ3) is 2.81. The number of nitrogens with one attached hydrogen (secondary N) is 1. The molecule has 0 bridgehead atoms. The van der Waals surface area contributed by atoms with Gasteiger partial charge in [0.2, 0.25) is 0 Å². The lowest BCUT2D eigenvalue weighted by Gasteiger charge is -2.26. The number of furan rings is 1. The second-order valence-electron chi connectivity index (χ2n) is 3.74. The van der Waals surface area contributed by atoms with Crippen molar-refractivity contribution >= 4 is 15.9 Å². The van der Waals surface area contributed by atoms with Crippen LogP contribution in [0.1, 0.15) is 11.3 Å². The number of hydrogen-bond acceptors (Lipinski definition) is 4. The monoisotopic (exact) mass is 273 g/mol. The van der Waals surface area contributed by atoms with Gasteiger partial charge in [0, 0.05) is 38.3 Å². The summed E-state index contributed by atoms with van der Waals surface area (Å²) in [5, 5.41) is 3.33. The lowest BCUT2D eigenvalue weighted by Crippen LogP contribution is -2.42. The van der Waals surface area contributed by atoms with Gasteiger partial charge in [-0.3, -0.25) is 4.90 Å². The van der Waals surface area contributed by atoms with Crippen LogP contribution in [-0.4, -0.2) is 31.1 Å². The van der Waals surface area contributed by atoms with Gasteiger partial charge in [-0.25, -0.2) is 0 Å². The first-order chi connectivity index (χ1) is 7.29. The Labute approximate surface area is 97.9 Å². The molecule has 0 aromatic carbocycles. The maximum Gasteiger partial charge on any atom is 0.173 e. The van der Waals surface area contributed by atoms with Gasteiger partial charge in [0.15, 0.2) is 4.67 Å². The Bertz CT molecular complexity index is 320. The molecule has 1 fully saturated rings. The fourth-order valence-corrected chi connectivity index (χ4v) is 2.23. The third-order valence-electron chi connectivity index (χ3n) is 2.61. The number of rotatable bonds is 3. The van der Waals surface area contributed by atoms with E-state index in [4.69, 9.17) is 10.2 Å². The number of nitrogens with two attached hydrogens (primary N) is 1. The van der Waals surface area contributed by atoms with Crippen LogP contribution in [0, 0.1) is 0 Å². The average molecular weight is 274 g/mol. The molecule has 1 aliphatic heterocycles. The maximum absolute atomic E-state index is 5.53. The SMILES string of the molecule is NCc1cc(CN2CCNCC2)c(Br)o1. The maximum atomic E-state index is 5.53. The zero-order valence-electron chi connectivity index (χ0n) is 8.63. The normalized spacial score (nSPS) is 18.3. The molecule has 1 aromatic heterocycles. The summed E-state index contributed by atoms with van der Waals surface area (Å²) in [6, 6.07) is 2.03. The molecule has 0 atom stereocenters. The summed E-state index contributed by atoms with van der Waals surface area (Å²) >= 11 is 3.42. The van der Waals surface area contributed by atoms with E-state index in [-0.39, 0.29) is 0 Å². The van der Waals surface area contributed by atoms with Crippen LogP contribution in [-0.2, 0) is 13.1 Å². The molecule has 0 aliphatic carbocycles. The molecule has 1 saturated heterocycles. The van der Waals surface area contributed by atoms with Crippen LogP contribution < -0.4 is 11.1 Å². The Morgan fingerprint density at radius 2 is 2.20 bits per heavy atom. The van der Waals surface area contributed by atoms with Crippen LogP contribution in [0.15, 0.2) is 15.2 Å². The quantitative estimate of drug-likeness (QED) is 0.860. The molecule has 0 radical (unpaired) electrons. The highest BCUT2D eigenvalue weighted by atomic mass is 79.9. The summed E-state index contributed by atoms with van der Waals surface area (Å²) < 4.78 is 6.28. The predicted octanol–water partition coefficient (Wildman–Crippen LogP) is 0.906. The molecule has 2 rings (SSSR count). The largest absolute Gasteiger partial charge is 0.453 e. The van der Waals surface area contributed by atoms with E-state index in [9.17, 15) is 0 Å². The second-order valence-corrected chi connectivity index (χ2v) is 4.46. The minimum absolute atomic E-state index is 0.458. The first-order valence-electron chi connectivity index (χ1n) is 5.20. The van der Waals surface area contributed by atoms with E-state index in [0.717, 1.165) is 43.2 Å². The van der Waals surface area contributed by atoms with Gasteiger partial charge >= 0.3 is 0 Å². The van der Waals surface area contributed by atoms with Crippen molar-refractivity contribution in [3.8, 4) is 0 Å². The fraction of sp³-hybridized carbons (Fsp3) is 0.600. The van der Waals surface area contributed by atoms with Gasteiger partial charge in [-0.05, 0) is 22.0 Å². The molecule has 1 aromatic rings. The van der Waals surface area contributed by atoms with Crippen molar-refractivity contribution in [3.05, 3.63) is 22.1 Å². The Kier molecular flexibility index (Phi) is 3.80. The Morgan fingerprint density at radius 1 is 1.47 bits per heavy atom. The number of halogens is 1. The van der Waals surface area contributed by atoms with Crippen LogP contribution in [0.25, 0.3) is 0 Å². The molecule has 0 unspecified atom stereocenters. The molecule has 0 saturated carbocycles. The molecule has 0 amide bonds. The Balaban J connectivity index is 1.99. The minimum Gasteiger partial charge on any atom is -0.453 e. The molecule has 1 aliphatic rings. The fourth-order valence-electron chi connectivity index (χ4n) is 1.78. The van der Waals surface area contributed by atoms with Gasteiger partial charge in [-0.2, -0.15) is 0 Å². The molecular formula is C10H16BrN3O. The molecule has 3 N–H and O–H groups in total. The van der Waals surface area contributed by atoms with E-state index >= 15 is 0 Å². The molecule has 2 heterocycles. The van der Waals surface area contributed by atoms with Crippen molar-refractivity contribution in [2.45, 2.75) is 13.1 Å². The van der Waals surface area contributed by atoms with Gasteiger partial charge in [-0.15, -0.1) is 0 Å². The van der Waals surface area contributed by atoms with E-state index in [1.54, 1.807) is 0 Å². The van der Waals surface area contributed by atoms with Crippen molar-refractivity contribution < 1.29 is 4.42 Å². The molecule has 15 heavy (non-hydrogen) atoms. The summed E-state index contributed by atoms with van der Waals surface area (Å²) in [4.78, 5) is 2.41. The Morgan fingerprint density at radius 3 is 2.80 bits per heavy atom. The summed E-state index contributed by atoms with van der Waals surface area (Å²) in [7, 11) is 0. The van der Waals surface area contributed by atoms with E-state index < -0.39 is 0 Å². The van der Waals surface area contributed by atoms with Gasteiger partial charge < -0.3 is 15.5 Å². The summed E-state index contributed by atoms with van der Waals surface area (Å²) in [5.74, 6) is 0.840. The smallest absolute Gasteiger partial charge is 0.173 e. The van der Waals surface area contributed by atoms with Gasteiger partial charge in [0.1, 0.15) is 5.76 Å². The standard InChI is InChI=1S/C10H16BrN3O/c11-10-8(5-9(6-12)15-10)7-14-3-1-13-2-4-14/h5,13H,1-4,6-7,12H2. The molecular weight excluding hydrogens is 258 g/mol. The average Bonchev–Trinajstić information content (AvgIpc) is 2.61. The third-order valence-corrected chi connectivity index (χ3v) is 3.28.